The van der Waals surface area contributed by atoms with Gasteiger partial charge >= 0.3 is 0 Å². The number of methoxy groups -OCH3 is 1. The fourth-order valence-corrected chi connectivity index (χ4v) is 4.12. The zero-order valence-electron chi connectivity index (χ0n) is 18.4. The van der Waals surface area contributed by atoms with Crippen LogP contribution in [0.3, 0.4) is 0 Å². The van der Waals surface area contributed by atoms with Crippen LogP contribution < -0.4 is 4.74 Å². The standard InChI is InChI=1S/C25H37N3O/c1-26(2)19-20-28(21-23-7-5-4-6-8-23)24-14-17-27(18-15-24)16-13-22-9-11-25(29-3)12-10-22/h4-12,24H,13-21H2,1-3H3. The third-order valence-electron chi connectivity index (χ3n) is 6.01. The van der Waals surface area contributed by atoms with E-state index in [1.807, 2.05) is 0 Å². The van der Waals surface area contributed by atoms with Gasteiger partial charge in [-0.15, -0.1) is 0 Å². The summed E-state index contributed by atoms with van der Waals surface area (Å²) in [5, 5.41) is 0. The minimum Gasteiger partial charge on any atom is -0.497 e. The Morgan fingerprint density at radius 1 is 0.897 bits per heavy atom. The van der Waals surface area contributed by atoms with Gasteiger partial charge in [-0.2, -0.15) is 0 Å². The van der Waals surface area contributed by atoms with Gasteiger partial charge in [0.25, 0.3) is 0 Å². The molecule has 158 valence electrons. The fourth-order valence-electron chi connectivity index (χ4n) is 4.12. The molecule has 0 aromatic heterocycles. The van der Waals surface area contributed by atoms with E-state index >= 15 is 0 Å². The Morgan fingerprint density at radius 2 is 1.59 bits per heavy atom. The number of benzene rings is 2. The summed E-state index contributed by atoms with van der Waals surface area (Å²) in [6.45, 7) is 6.87. The van der Waals surface area contributed by atoms with Gasteiger partial charge in [0.05, 0.1) is 7.11 Å². The van der Waals surface area contributed by atoms with Crippen molar-refractivity contribution >= 4 is 0 Å². The molecule has 0 saturated carbocycles. The van der Waals surface area contributed by atoms with E-state index in [4.69, 9.17) is 4.74 Å². The number of likely N-dealkylation sites (tertiary alicyclic amines) is 1. The maximum absolute atomic E-state index is 5.26. The molecule has 1 aliphatic rings. The number of piperidine rings is 1. The average molecular weight is 396 g/mol. The first kappa shape index (κ1) is 21.8. The Morgan fingerprint density at radius 3 is 2.21 bits per heavy atom. The molecule has 0 aliphatic carbocycles. The van der Waals surface area contributed by atoms with Crippen molar-refractivity contribution in [3.63, 3.8) is 0 Å². The molecule has 1 fully saturated rings. The van der Waals surface area contributed by atoms with Gasteiger partial charge in [-0.3, -0.25) is 4.90 Å². The summed E-state index contributed by atoms with van der Waals surface area (Å²) < 4.78 is 5.26. The monoisotopic (exact) mass is 395 g/mol. The maximum Gasteiger partial charge on any atom is 0.118 e. The van der Waals surface area contributed by atoms with Gasteiger partial charge in [0, 0.05) is 32.2 Å². The van der Waals surface area contributed by atoms with Crippen LogP contribution in [-0.4, -0.2) is 74.7 Å². The number of rotatable bonds is 10. The van der Waals surface area contributed by atoms with Crippen LogP contribution in [-0.2, 0) is 13.0 Å². The molecule has 0 N–H and O–H groups in total. The van der Waals surface area contributed by atoms with Crippen LogP contribution >= 0.6 is 0 Å². The largest absolute Gasteiger partial charge is 0.497 e. The lowest BCUT2D eigenvalue weighted by Gasteiger charge is -2.39. The molecule has 1 saturated heterocycles. The molecule has 2 aromatic rings. The Hall–Kier alpha value is -1.88. The molecule has 1 heterocycles. The fraction of sp³-hybridized carbons (Fsp3) is 0.520. The zero-order valence-corrected chi connectivity index (χ0v) is 18.4. The normalized spacial score (nSPS) is 15.9. The minimum absolute atomic E-state index is 0.687. The predicted molar refractivity (Wildman–Crippen MR) is 122 cm³/mol. The number of nitrogens with zero attached hydrogens (tertiary/aromatic N) is 3. The summed E-state index contributed by atoms with van der Waals surface area (Å²) in [6, 6.07) is 20.1. The number of ether oxygens (including phenoxy) is 1. The third kappa shape index (κ3) is 7.14. The molecule has 0 radical (unpaired) electrons. The van der Waals surface area contributed by atoms with Crippen LogP contribution in [0, 0.1) is 0 Å². The van der Waals surface area contributed by atoms with Crippen molar-refractivity contribution in [1.82, 2.24) is 14.7 Å². The van der Waals surface area contributed by atoms with Crippen molar-refractivity contribution < 1.29 is 4.74 Å². The van der Waals surface area contributed by atoms with E-state index < -0.39 is 0 Å². The van der Waals surface area contributed by atoms with Gasteiger partial charge < -0.3 is 14.5 Å². The van der Waals surface area contributed by atoms with Gasteiger partial charge in [0.1, 0.15) is 5.75 Å². The van der Waals surface area contributed by atoms with Crippen LogP contribution in [0.25, 0.3) is 0 Å². The van der Waals surface area contributed by atoms with E-state index in [-0.39, 0.29) is 0 Å². The van der Waals surface area contributed by atoms with E-state index in [0.29, 0.717) is 6.04 Å². The van der Waals surface area contributed by atoms with Crippen molar-refractivity contribution in [3.05, 3.63) is 65.7 Å². The van der Waals surface area contributed by atoms with Crippen LogP contribution in [0.1, 0.15) is 24.0 Å². The summed E-state index contributed by atoms with van der Waals surface area (Å²) in [6.07, 6.45) is 3.65. The summed E-state index contributed by atoms with van der Waals surface area (Å²) in [5.41, 5.74) is 2.82. The van der Waals surface area contributed by atoms with Gasteiger partial charge in [-0.25, -0.2) is 0 Å². The minimum atomic E-state index is 0.687. The third-order valence-corrected chi connectivity index (χ3v) is 6.01. The molecule has 2 aromatic carbocycles. The van der Waals surface area contributed by atoms with Crippen molar-refractivity contribution in [2.24, 2.45) is 0 Å². The van der Waals surface area contributed by atoms with Crippen LogP contribution in [0.15, 0.2) is 54.6 Å². The summed E-state index contributed by atoms with van der Waals surface area (Å²) >= 11 is 0. The van der Waals surface area contributed by atoms with Crippen molar-refractivity contribution in [2.45, 2.75) is 31.8 Å². The highest BCUT2D eigenvalue weighted by Crippen LogP contribution is 2.20. The van der Waals surface area contributed by atoms with Crippen LogP contribution in [0.5, 0.6) is 5.75 Å². The molecule has 0 unspecified atom stereocenters. The van der Waals surface area contributed by atoms with Gasteiger partial charge in [-0.05, 0) is 69.7 Å². The predicted octanol–water partition coefficient (Wildman–Crippen LogP) is 3.77. The first-order valence-electron chi connectivity index (χ1n) is 10.9. The molecular weight excluding hydrogens is 358 g/mol. The number of likely N-dealkylation sites (N-methyl/N-ethyl adjacent to an activating group) is 1. The Kier molecular flexibility index (Phi) is 8.53. The highest BCUT2D eigenvalue weighted by atomic mass is 16.5. The molecule has 1 aliphatic heterocycles. The highest BCUT2D eigenvalue weighted by Gasteiger charge is 2.24. The molecule has 29 heavy (non-hydrogen) atoms. The Balaban J connectivity index is 1.48. The second kappa shape index (κ2) is 11.3. The lowest BCUT2D eigenvalue weighted by Crippen LogP contribution is -2.46. The molecular formula is C25H37N3O. The zero-order chi connectivity index (χ0) is 20.5. The second-order valence-electron chi connectivity index (χ2n) is 8.43. The SMILES string of the molecule is COc1ccc(CCN2CCC(N(CCN(C)C)Cc3ccccc3)CC2)cc1. The van der Waals surface area contributed by atoms with Crippen molar-refractivity contribution in [1.29, 1.82) is 0 Å². The average Bonchev–Trinajstić information content (AvgIpc) is 2.76. The van der Waals surface area contributed by atoms with Gasteiger partial charge in [0.2, 0.25) is 0 Å². The lowest BCUT2D eigenvalue weighted by atomic mass is 10.0. The summed E-state index contributed by atoms with van der Waals surface area (Å²) in [4.78, 5) is 7.63. The Bertz CT molecular complexity index is 694. The van der Waals surface area contributed by atoms with E-state index in [9.17, 15) is 0 Å². The molecule has 4 heteroatoms. The van der Waals surface area contributed by atoms with E-state index in [1.165, 1.54) is 37.1 Å². The van der Waals surface area contributed by atoms with Crippen molar-refractivity contribution in [2.75, 3.05) is 53.9 Å². The molecule has 4 nitrogen and oxygen atoms in total. The van der Waals surface area contributed by atoms with E-state index in [2.05, 4.69) is 83.4 Å². The van der Waals surface area contributed by atoms with Gasteiger partial charge in [0.15, 0.2) is 0 Å². The molecule has 0 bridgehead atoms. The smallest absolute Gasteiger partial charge is 0.118 e. The Labute approximate surface area is 177 Å². The quantitative estimate of drug-likeness (QED) is 0.610. The van der Waals surface area contributed by atoms with E-state index in [1.54, 1.807) is 7.11 Å². The van der Waals surface area contributed by atoms with E-state index in [0.717, 1.165) is 38.3 Å². The molecule has 0 atom stereocenters. The first-order chi connectivity index (χ1) is 14.1. The first-order valence-corrected chi connectivity index (χ1v) is 10.9. The van der Waals surface area contributed by atoms with Crippen LogP contribution in [0.2, 0.25) is 0 Å². The number of hydrogen-bond donors (Lipinski definition) is 0. The molecule has 0 amide bonds. The topological polar surface area (TPSA) is 19.0 Å². The lowest BCUT2D eigenvalue weighted by molar-refractivity contribution is 0.0968. The summed E-state index contributed by atoms with van der Waals surface area (Å²) in [5.74, 6) is 0.936. The molecule has 0 spiro atoms. The maximum atomic E-state index is 5.26. The van der Waals surface area contributed by atoms with Crippen molar-refractivity contribution in [3.8, 4) is 5.75 Å². The highest BCUT2D eigenvalue weighted by molar-refractivity contribution is 5.27. The summed E-state index contributed by atoms with van der Waals surface area (Å²) in [7, 11) is 6.06. The van der Waals surface area contributed by atoms with Crippen LogP contribution in [0.4, 0.5) is 0 Å². The second-order valence-corrected chi connectivity index (χ2v) is 8.43. The number of hydrogen-bond acceptors (Lipinski definition) is 4. The van der Waals surface area contributed by atoms with Gasteiger partial charge in [-0.1, -0.05) is 42.5 Å². The molecule has 3 rings (SSSR count).